The van der Waals surface area contributed by atoms with Crippen molar-refractivity contribution < 1.29 is 14.7 Å². The first-order chi connectivity index (χ1) is 9.58. The van der Waals surface area contributed by atoms with Crippen LogP contribution in [0.25, 0.3) is 0 Å². The third-order valence-electron chi connectivity index (χ3n) is 3.22. The molecule has 1 saturated carbocycles. The summed E-state index contributed by atoms with van der Waals surface area (Å²) >= 11 is 5.88. The number of halogens is 1. The van der Waals surface area contributed by atoms with Crippen LogP contribution in [0.5, 0.6) is 0 Å². The van der Waals surface area contributed by atoms with Gasteiger partial charge in [-0.15, -0.1) is 0 Å². The SMILES string of the molecule is O=C(NCC[C@H](O)C1CC1)C(=O)Nc1ccccc1Cl. The molecule has 3 N–H and O–H groups in total. The lowest BCUT2D eigenvalue weighted by Crippen LogP contribution is -2.37. The number of hydrogen-bond acceptors (Lipinski definition) is 3. The zero-order valence-corrected chi connectivity index (χ0v) is 11.7. The number of benzene rings is 1. The van der Waals surface area contributed by atoms with Crippen LogP contribution in [-0.2, 0) is 9.59 Å². The number of amides is 2. The van der Waals surface area contributed by atoms with Gasteiger partial charge in [0, 0.05) is 6.54 Å². The van der Waals surface area contributed by atoms with Gasteiger partial charge in [-0.2, -0.15) is 0 Å². The Kier molecular flexibility index (Phi) is 4.98. The van der Waals surface area contributed by atoms with Gasteiger partial charge in [0.1, 0.15) is 0 Å². The van der Waals surface area contributed by atoms with Crippen molar-refractivity contribution in [2.45, 2.75) is 25.4 Å². The van der Waals surface area contributed by atoms with Crippen molar-refractivity contribution in [3.63, 3.8) is 0 Å². The number of aliphatic hydroxyl groups is 1. The Morgan fingerprint density at radius 1 is 1.30 bits per heavy atom. The summed E-state index contributed by atoms with van der Waals surface area (Å²) in [4.78, 5) is 23.2. The van der Waals surface area contributed by atoms with Gasteiger partial charge >= 0.3 is 11.8 Å². The standard InChI is InChI=1S/C14H17ClN2O3/c15-10-3-1-2-4-11(10)17-14(20)13(19)16-8-7-12(18)9-5-6-9/h1-4,9,12,18H,5-8H2,(H,16,19)(H,17,20)/t12-/m0/s1. The molecular weight excluding hydrogens is 280 g/mol. The van der Waals surface area contributed by atoms with Crippen molar-refractivity contribution in [2.24, 2.45) is 5.92 Å². The molecule has 0 radical (unpaired) electrons. The lowest BCUT2D eigenvalue weighted by Gasteiger charge is -2.10. The smallest absolute Gasteiger partial charge is 0.313 e. The van der Waals surface area contributed by atoms with Crippen LogP contribution in [-0.4, -0.2) is 29.6 Å². The summed E-state index contributed by atoms with van der Waals surface area (Å²) in [6, 6.07) is 6.69. The fourth-order valence-electron chi connectivity index (χ4n) is 1.87. The minimum absolute atomic E-state index is 0.284. The molecule has 2 rings (SSSR count). The number of aliphatic hydroxyl groups excluding tert-OH is 1. The maximum atomic E-state index is 11.6. The second kappa shape index (κ2) is 6.72. The number of nitrogens with one attached hydrogen (secondary N) is 2. The van der Waals surface area contributed by atoms with Crippen molar-refractivity contribution in [2.75, 3.05) is 11.9 Å². The van der Waals surface area contributed by atoms with E-state index < -0.39 is 11.8 Å². The number of hydrogen-bond donors (Lipinski definition) is 3. The highest BCUT2D eigenvalue weighted by atomic mass is 35.5. The van der Waals surface area contributed by atoms with Gasteiger partial charge in [-0.05, 0) is 37.3 Å². The minimum atomic E-state index is -0.765. The average Bonchev–Trinajstić information content (AvgIpc) is 3.25. The number of para-hydroxylation sites is 1. The Labute approximate surface area is 122 Å². The summed E-state index contributed by atoms with van der Waals surface area (Å²) in [7, 11) is 0. The van der Waals surface area contributed by atoms with E-state index in [-0.39, 0.29) is 12.6 Å². The molecule has 1 aliphatic rings. The molecule has 0 unspecified atom stereocenters. The number of anilines is 1. The molecule has 2 amide bonds. The van der Waals surface area contributed by atoms with Crippen molar-refractivity contribution in [1.29, 1.82) is 0 Å². The third-order valence-corrected chi connectivity index (χ3v) is 3.55. The summed E-state index contributed by atoms with van der Waals surface area (Å²) in [6.07, 6.45) is 2.17. The molecule has 108 valence electrons. The molecule has 1 atom stereocenters. The molecule has 20 heavy (non-hydrogen) atoms. The highest BCUT2D eigenvalue weighted by Gasteiger charge is 2.29. The number of carbonyl (C=O) groups is 2. The van der Waals surface area contributed by atoms with Crippen LogP contribution in [0.1, 0.15) is 19.3 Å². The van der Waals surface area contributed by atoms with E-state index >= 15 is 0 Å². The van der Waals surface area contributed by atoms with Gasteiger partial charge in [0.25, 0.3) is 0 Å². The van der Waals surface area contributed by atoms with Crippen molar-refractivity contribution in [3.8, 4) is 0 Å². The maximum absolute atomic E-state index is 11.6. The monoisotopic (exact) mass is 296 g/mol. The van der Waals surface area contributed by atoms with Crippen LogP contribution in [0.15, 0.2) is 24.3 Å². The zero-order valence-electron chi connectivity index (χ0n) is 10.9. The molecule has 5 nitrogen and oxygen atoms in total. The summed E-state index contributed by atoms with van der Waals surface area (Å²) in [5.74, 6) is -1.13. The average molecular weight is 297 g/mol. The third kappa shape index (κ3) is 4.21. The fourth-order valence-corrected chi connectivity index (χ4v) is 2.06. The van der Waals surface area contributed by atoms with Crippen LogP contribution < -0.4 is 10.6 Å². The molecule has 1 aromatic carbocycles. The molecule has 0 bridgehead atoms. The lowest BCUT2D eigenvalue weighted by molar-refractivity contribution is -0.136. The Morgan fingerprint density at radius 3 is 2.65 bits per heavy atom. The molecule has 6 heteroatoms. The summed E-state index contributed by atoms with van der Waals surface area (Å²) < 4.78 is 0. The van der Waals surface area contributed by atoms with Gasteiger partial charge < -0.3 is 15.7 Å². The molecule has 0 aliphatic heterocycles. The molecule has 0 heterocycles. The Morgan fingerprint density at radius 2 is 2.00 bits per heavy atom. The normalized spacial score (nSPS) is 15.5. The van der Waals surface area contributed by atoms with E-state index in [0.29, 0.717) is 23.0 Å². The van der Waals surface area contributed by atoms with E-state index in [4.69, 9.17) is 11.6 Å². The van der Waals surface area contributed by atoms with Gasteiger partial charge in [-0.3, -0.25) is 9.59 Å². The van der Waals surface area contributed by atoms with Gasteiger partial charge in [-0.25, -0.2) is 0 Å². The first-order valence-electron chi connectivity index (χ1n) is 6.59. The van der Waals surface area contributed by atoms with E-state index in [1.54, 1.807) is 24.3 Å². The first-order valence-corrected chi connectivity index (χ1v) is 6.97. The number of carbonyl (C=O) groups excluding carboxylic acids is 2. The largest absolute Gasteiger partial charge is 0.393 e. The Bertz CT molecular complexity index is 503. The Hall–Kier alpha value is -1.59. The molecule has 1 aliphatic carbocycles. The van der Waals surface area contributed by atoms with Crippen LogP contribution in [0, 0.1) is 5.92 Å². The van der Waals surface area contributed by atoms with E-state index in [0.717, 1.165) is 12.8 Å². The van der Waals surface area contributed by atoms with Crippen molar-refractivity contribution in [3.05, 3.63) is 29.3 Å². The van der Waals surface area contributed by atoms with Crippen molar-refractivity contribution in [1.82, 2.24) is 5.32 Å². The van der Waals surface area contributed by atoms with Crippen LogP contribution in [0.2, 0.25) is 5.02 Å². The molecule has 0 spiro atoms. The van der Waals surface area contributed by atoms with Crippen molar-refractivity contribution >= 4 is 29.1 Å². The highest BCUT2D eigenvalue weighted by molar-refractivity contribution is 6.41. The molecular formula is C14H17ClN2O3. The van der Waals surface area contributed by atoms with Crippen LogP contribution in [0.3, 0.4) is 0 Å². The predicted molar refractivity (Wildman–Crippen MR) is 76.4 cm³/mol. The van der Waals surface area contributed by atoms with Crippen LogP contribution >= 0.6 is 11.6 Å². The lowest BCUT2D eigenvalue weighted by atomic mass is 10.2. The van der Waals surface area contributed by atoms with E-state index in [1.807, 2.05) is 0 Å². The van der Waals surface area contributed by atoms with Gasteiger partial charge in [-0.1, -0.05) is 23.7 Å². The second-order valence-electron chi connectivity index (χ2n) is 4.88. The first kappa shape index (κ1) is 14.8. The van der Waals surface area contributed by atoms with Crippen LogP contribution in [0.4, 0.5) is 5.69 Å². The molecule has 1 aromatic rings. The molecule has 0 saturated heterocycles. The number of rotatable bonds is 5. The molecule has 0 aromatic heterocycles. The molecule has 1 fully saturated rings. The summed E-state index contributed by atoms with van der Waals surface area (Å²) in [5.41, 5.74) is 0.396. The second-order valence-corrected chi connectivity index (χ2v) is 5.29. The van der Waals surface area contributed by atoms with Gasteiger partial charge in [0.05, 0.1) is 16.8 Å². The maximum Gasteiger partial charge on any atom is 0.313 e. The van der Waals surface area contributed by atoms with E-state index in [9.17, 15) is 14.7 Å². The van der Waals surface area contributed by atoms with E-state index in [1.165, 1.54) is 0 Å². The summed E-state index contributed by atoms with van der Waals surface area (Å²) in [5, 5.41) is 14.9. The van der Waals surface area contributed by atoms with Gasteiger partial charge in [0.15, 0.2) is 0 Å². The topological polar surface area (TPSA) is 78.4 Å². The van der Waals surface area contributed by atoms with Gasteiger partial charge in [0.2, 0.25) is 0 Å². The summed E-state index contributed by atoms with van der Waals surface area (Å²) in [6.45, 7) is 0.284. The minimum Gasteiger partial charge on any atom is -0.393 e. The highest BCUT2D eigenvalue weighted by Crippen LogP contribution is 2.33. The zero-order chi connectivity index (χ0) is 14.5. The van der Waals surface area contributed by atoms with E-state index in [2.05, 4.69) is 10.6 Å². The quantitative estimate of drug-likeness (QED) is 0.722. The fraction of sp³-hybridized carbons (Fsp3) is 0.429. The Balaban J connectivity index is 1.74. The predicted octanol–water partition coefficient (Wildman–Crippen LogP) is 1.56.